The number of anilines is 2. The Balaban J connectivity index is 1.69. The van der Waals surface area contributed by atoms with Crippen LogP contribution in [0, 0.1) is 12.7 Å². The third-order valence-corrected chi connectivity index (χ3v) is 5.18. The maximum absolute atomic E-state index is 13.8. The third kappa shape index (κ3) is 4.22. The Morgan fingerprint density at radius 3 is 2.59 bits per heavy atom. The van der Waals surface area contributed by atoms with E-state index in [0.29, 0.717) is 34.1 Å². The zero-order valence-corrected chi connectivity index (χ0v) is 18.9. The first-order chi connectivity index (χ1) is 16.3. The van der Waals surface area contributed by atoms with Gasteiger partial charge in [0.25, 0.3) is 5.91 Å². The summed E-state index contributed by atoms with van der Waals surface area (Å²) in [5, 5.41) is 2.49. The first-order valence-electron chi connectivity index (χ1n) is 10.1. The summed E-state index contributed by atoms with van der Waals surface area (Å²) in [6.07, 6.45) is 4.19. The van der Waals surface area contributed by atoms with Gasteiger partial charge in [-0.15, -0.1) is 0 Å². The second-order valence-electron chi connectivity index (χ2n) is 7.28. The number of hydrogen-bond acceptors (Lipinski definition) is 7. The van der Waals surface area contributed by atoms with Crippen LogP contribution < -0.4 is 15.0 Å². The van der Waals surface area contributed by atoms with Crippen LogP contribution >= 0.6 is 0 Å². The Bertz CT molecular complexity index is 1390. The molecule has 0 atom stereocenters. The van der Waals surface area contributed by atoms with E-state index in [4.69, 9.17) is 4.74 Å². The number of pyridine rings is 1. The molecule has 34 heavy (non-hydrogen) atoms. The van der Waals surface area contributed by atoms with Crippen molar-refractivity contribution >= 4 is 29.2 Å². The number of carbonyl (C=O) groups excluding carboxylic acids is 2. The van der Waals surface area contributed by atoms with E-state index in [-0.39, 0.29) is 11.4 Å². The van der Waals surface area contributed by atoms with Crippen LogP contribution in [0.1, 0.15) is 16.2 Å². The second kappa shape index (κ2) is 9.14. The summed E-state index contributed by atoms with van der Waals surface area (Å²) in [4.78, 5) is 39.0. The number of ether oxygens (including phenoxy) is 2. The van der Waals surface area contributed by atoms with Crippen LogP contribution in [0.25, 0.3) is 16.9 Å². The minimum atomic E-state index is -0.622. The highest BCUT2D eigenvalue weighted by Crippen LogP contribution is 2.26. The molecule has 4 rings (SSSR count). The molecule has 3 aromatic heterocycles. The number of hydrogen-bond donors (Lipinski definition) is 1. The number of aromatic nitrogens is 4. The minimum absolute atomic E-state index is 0.0336. The predicted molar refractivity (Wildman–Crippen MR) is 123 cm³/mol. The van der Waals surface area contributed by atoms with E-state index in [1.807, 2.05) is 0 Å². The lowest BCUT2D eigenvalue weighted by atomic mass is 10.2. The van der Waals surface area contributed by atoms with E-state index in [0.717, 1.165) is 0 Å². The molecule has 4 aromatic rings. The Hall–Kier alpha value is -4.54. The lowest BCUT2D eigenvalue weighted by molar-refractivity contribution is 0.0987. The van der Waals surface area contributed by atoms with Crippen LogP contribution in [-0.2, 0) is 4.74 Å². The normalized spacial score (nSPS) is 10.7. The molecule has 1 N–H and O–H groups in total. The topological polar surface area (TPSA) is 111 Å². The average Bonchev–Trinajstić information content (AvgIpc) is 3.28. The van der Waals surface area contributed by atoms with Crippen molar-refractivity contribution in [3.8, 4) is 17.0 Å². The fourth-order valence-corrected chi connectivity index (χ4v) is 3.38. The molecule has 0 aliphatic heterocycles. The van der Waals surface area contributed by atoms with Crippen molar-refractivity contribution in [2.24, 2.45) is 0 Å². The molecule has 0 fully saturated rings. The molecule has 3 heterocycles. The van der Waals surface area contributed by atoms with Gasteiger partial charge in [-0.05, 0) is 31.2 Å². The lowest BCUT2D eigenvalue weighted by Gasteiger charge is -2.18. The van der Waals surface area contributed by atoms with E-state index < -0.39 is 17.8 Å². The number of fused-ring (bicyclic) bond motifs is 1. The maximum atomic E-state index is 13.8. The number of benzene rings is 1. The predicted octanol–water partition coefficient (Wildman–Crippen LogP) is 3.70. The highest BCUT2D eigenvalue weighted by molar-refractivity contribution is 6.04. The van der Waals surface area contributed by atoms with Crippen LogP contribution in [0.2, 0.25) is 0 Å². The van der Waals surface area contributed by atoms with Gasteiger partial charge in [0, 0.05) is 36.8 Å². The van der Waals surface area contributed by atoms with Crippen LogP contribution in [0.3, 0.4) is 0 Å². The number of methoxy groups -OCH3 is 2. The molecule has 174 valence electrons. The van der Waals surface area contributed by atoms with Crippen molar-refractivity contribution in [3.63, 3.8) is 0 Å². The maximum Gasteiger partial charge on any atom is 0.412 e. The molecule has 0 saturated carbocycles. The summed E-state index contributed by atoms with van der Waals surface area (Å²) in [5.74, 6) is -0.554. The Kier molecular flexibility index (Phi) is 6.09. The van der Waals surface area contributed by atoms with Gasteiger partial charge < -0.3 is 14.4 Å². The van der Waals surface area contributed by atoms with Gasteiger partial charge >= 0.3 is 6.09 Å². The summed E-state index contributed by atoms with van der Waals surface area (Å²) in [5.41, 5.74) is 3.15. The van der Waals surface area contributed by atoms with Gasteiger partial charge in [0.1, 0.15) is 11.5 Å². The first-order valence-corrected chi connectivity index (χ1v) is 10.1. The fourth-order valence-electron chi connectivity index (χ4n) is 3.38. The number of carbonyl (C=O) groups is 2. The van der Waals surface area contributed by atoms with Crippen LogP contribution in [0.15, 0.2) is 48.9 Å². The van der Waals surface area contributed by atoms with E-state index in [9.17, 15) is 14.0 Å². The SMILES string of the molecule is COC(=O)Nc1ccc(-c2cnc3c(C)nc(C(=O)N(C)c4ccc(F)c(OC)c4)cn23)cn1. The number of rotatable bonds is 5. The number of aryl methyl sites for hydroxylation is 1. The highest BCUT2D eigenvalue weighted by Gasteiger charge is 2.20. The van der Waals surface area contributed by atoms with Gasteiger partial charge in [-0.25, -0.2) is 24.1 Å². The number of nitrogens with one attached hydrogen (secondary N) is 1. The van der Waals surface area contributed by atoms with Crippen molar-refractivity contribution in [2.75, 3.05) is 31.5 Å². The molecule has 0 spiro atoms. The van der Waals surface area contributed by atoms with Gasteiger partial charge in [-0.2, -0.15) is 0 Å². The van der Waals surface area contributed by atoms with Gasteiger partial charge in [0.15, 0.2) is 17.2 Å². The second-order valence-corrected chi connectivity index (χ2v) is 7.28. The van der Waals surface area contributed by atoms with E-state index in [2.05, 4.69) is 25.0 Å². The standard InChI is InChI=1S/C23H21FN6O4/c1-13-21-26-11-18(14-5-8-20(25-10-14)28-23(32)34-4)30(21)12-17(27-13)22(31)29(2)15-6-7-16(24)19(9-15)33-3/h5-12H,1-4H3,(H,25,28,32). The largest absolute Gasteiger partial charge is 0.494 e. The van der Waals surface area contributed by atoms with Gasteiger partial charge in [0.05, 0.1) is 31.8 Å². The molecule has 10 nitrogen and oxygen atoms in total. The van der Waals surface area contributed by atoms with E-state index in [1.54, 1.807) is 49.1 Å². The molecule has 0 bridgehead atoms. The Morgan fingerprint density at radius 1 is 1.12 bits per heavy atom. The molecule has 0 unspecified atom stereocenters. The first kappa shape index (κ1) is 22.6. The monoisotopic (exact) mass is 464 g/mol. The molecular formula is C23H21FN6O4. The molecule has 0 aliphatic rings. The summed E-state index contributed by atoms with van der Waals surface area (Å²) in [7, 11) is 4.19. The summed E-state index contributed by atoms with van der Waals surface area (Å²) < 4.78 is 25.1. The zero-order chi connectivity index (χ0) is 24.4. The van der Waals surface area contributed by atoms with Crippen molar-refractivity contribution < 1.29 is 23.5 Å². The van der Waals surface area contributed by atoms with Crippen molar-refractivity contribution in [2.45, 2.75) is 6.92 Å². The minimum Gasteiger partial charge on any atom is -0.494 e. The Morgan fingerprint density at radius 2 is 1.91 bits per heavy atom. The summed E-state index contributed by atoms with van der Waals surface area (Å²) >= 11 is 0. The van der Waals surface area contributed by atoms with E-state index >= 15 is 0 Å². The van der Waals surface area contributed by atoms with Crippen LogP contribution in [-0.4, -0.2) is 52.6 Å². The molecule has 1 aromatic carbocycles. The number of halogens is 1. The van der Waals surface area contributed by atoms with Crippen molar-refractivity contribution in [3.05, 3.63) is 66.1 Å². The van der Waals surface area contributed by atoms with Gasteiger partial charge in [-0.1, -0.05) is 0 Å². The molecular weight excluding hydrogens is 443 g/mol. The van der Waals surface area contributed by atoms with Crippen LogP contribution in [0.5, 0.6) is 5.75 Å². The van der Waals surface area contributed by atoms with Gasteiger partial charge in [-0.3, -0.25) is 14.5 Å². The summed E-state index contributed by atoms with van der Waals surface area (Å²) in [6.45, 7) is 1.76. The van der Waals surface area contributed by atoms with Crippen molar-refractivity contribution in [1.82, 2.24) is 19.4 Å². The molecule has 2 amide bonds. The molecule has 0 saturated heterocycles. The smallest absolute Gasteiger partial charge is 0.412 e. The molecule has 0 radical (unpaired) electrons. The quantitative estimate of drug-likeness (QED) is 0.479. The number of amides is 2. The number of imidazole rings is 1. The fraction of sp³-hybridized carbons (Fsp3) is 0.174. The van der Waals surface area contributed by atoms with Crippen LogP contribution in [0.4, 0.5) is 20.7 Å². The van der Waals surface area contributed by atoms with Crippen molar-refractivity contribution in [1.29, 1.82) is 0 Å². The van der Waals surface area contributed by atoms with Gasteiger partial charge in [0.2, 0.25) is 0 Å². The molecule has 0 aliphatic carbocycles. The third-order valence-electron chi connectivity index (χ3n) is 5.18. The highest BCUT2D eigenvalue weighted by atomic mass is 19.1. The summed E-state index contributed by atoms with van der Waals surface area (Å²) in [6, 6.07) is 7.55. The molecule has 11 heteroatoms. The average molecular weight is 464 g/mol. The number of nitrogens with zero attached hydrogens (tertiary/aromatic N) is 5. The van der Waals surface area contributed by atoms with E-state index in [1.165, 1.54) is 37.3 Å². The Labute approximate surface area is 194 Å². The lowest BCUT2D eigenvalue weighted by Crippen LogP contribution is -2.27. The zero-order valence-electron chi connectivity index (χ0n) is 18.9.